The second-order valence-corrected chi connectivity index (χ2v) is 2.78. The lowest BCUT2D eigenvalue weighted by molar-refractivity contribution is -0.118. The summed E-state index contributed by atoms with van der Waals surface area (Å²) in [7, 11) is 0. The first-order valence-corrected chi connectivity index (χ1v) is 3.71. The van der Waals surface area contributed by atoms with Crippen molar-refractivity contribution in [3.05, 3.63) is 11.8 Å². The van der Waals surface area contributed by atoms with E-state index >= 15 is 0 Å². The van der Waals surface area contributed by atoms with E-state index in [0.29, 0.717) is 12.2 Å². The molecule has 0 aromatic heterocycles. The van der Waals surface area contributed by atoms with Crippen molar-refractivity contribution in [1.29, 1.82) is 0 Å². The predicted octanol–water partition coefficient (Wildman–Crippen LogP) is 0.727. The van der Waals surface area contributed by atoms with Crippen molar-refractivity contribution in [3.63, 3.8) is 0 Å². The van der Waals surface area contributed by atoms with Gasteiger partial charge in [-0.3, -0.25) is 9.79 Å². The highest BCUT2D eigenvalue weighted by Gasteiger charge is 2.12. The van der Waals surface area contributed by atoms with Crippen LogP contribution in [-0.4, -0.2) is 18.7 Å². The molecule has 0 spiro atoms. The van der Waals surface area contributed by atoms with Gasteiger partial charge in [-0.2, -0.15) is 0 Å². The number of rotatable bonds is 2. The van der Waals surface area contributed by atoms with Gasteiger partial charge in [0.25, 0.3) is 0 Å². The summed E-state index contributed by atoms with van der Waals surface area (Å²) in [5, 5.41) is 2.82. The number of allylic oxidation sites excluding steroid dienone is 1. The molecule has 0 aliphatic carbocycles. The van der Waals surface area contributed by atoms with Crippen molar-refractivity contribution in [2.24, 2.45) is 10.9 Å². The Kier molecular flexibility index (Phi) is 2.41. The standard InChI is InChI=1S/C8H12N2O/c1-6(2)8(11)7-3-4-9-5-10-7/h3,5-6H,4H2,1-2H3,(H,9,10). The zero-order valence-corrected chi connectivity index (χ0v) is 6.79. The molecule has 0 bridgehead atoms. The average molecular weight is 152 g/mol. The lowest BCUT2D eigenvalue weighted by Gasteiger charge is -2.10. The second kappa shape index (κ2) is 3.32. The van der Waals surface area contributed by atoms with E-state index in [1.165, 1.54) is 0 Å². The van der Waals surface area contributed by atoms with Crippen molar-refractivity contribution >= 4 is 12.1 Å². The Morgan fingerprint density at radius 3 is 2.91 bits per heavy atom. The van der Waals surface area contributed by atoms with Crippen LogP contribution in [0.2, 0.25) is 0 Å². The molecule has 3 nitrogen and oxygen atoms in total. The molecule has 0 fully saturated rings. The number of hydrogen-bond acceptors (Lipinski definition) is 3. The Labute approximate surface area is 66.2 Å². The van der Waals surface area contributed by atoms with Crippen LogP contribution < -0.4 is 5.32 Å². The van der Waals surface area contributed by atoms with E-state index < -0.39 is 0 Å². The number of nitrogens with zero attached hydrogens (tertiary/aromatic N) is 1. The molecule has 1 heterocycles. The van der Waals surface area contributed by atoms with Gasteiger partial charge in [0.2, 0.25) is 0 Å². The monoisotopic (exact) mass is 152 g/mol. The number of carbonyl (C=O) groups excluding carboxylic acids is 1. The molecule has 0 unspecified atom stereocenters. The lowest BCUT2D eigenvalue weighted by Crippen LogP contribution is -2.25. The highest BCUT2D eigenvalue weighted by atomic mass is 16.1. The maximum Gasteiger partial charge on any atom is 0.181 e. The van der Waals surface area contributed by atoms with Crippen LogP contribution in [0.5, 0.6) is 0 Å². The van der Waals surface area contributed by atoms with Crippen LogP contribution in [0.15, 0.2) is 16.8 Å². The Balaban J connectivity index is 2.61. The molecule has 1 aliphatic rings. The molecule has 3 heteroatoms. The third-order valence-corrected chi connectivity index (χ3v) is 1.50. The van der Waals surface area contributed by atoms with E-state index in [-0.39, 0.29) is 11.7 Å². The maximum atomic E-state index is 11.3. The molecule has 1 N–H and O–H groups in total. The van der Waals surface area contributed by atoms with Crippen LogP contribution in [0.4, 0.5) is 0 Å². The lowest BCUT2D eigenvalue weighted by atomic mass is 10.1. The summed E-state index contributed by atoms with van der Waals surface area (Å²) in [5.41, 5.74) is 0.676. The van der Waals surface area contributed by atoms with Crippen LogP contribution >= 0.6 is 0 Å². The first kappa shape index (κ1) is 7.98. The van der Waals surface area contributed by atoms with Crippen LogP contribution in [0, 0.1) is 5.92 Å². The van der Waals surface area contributed by atoms with E-state index in [9.17, 15) is 4.79 Å². The number of hydrogen-bond donors (Lipinski definition) is 1. The van der Waals surface area contributed by atoms with Crippen LogP contribution in [0.1, 0.15) is 13.8 Å². The van der Waals surface area contributed by atoms with Crippen molar-refractivity contribution in [3.8, 4) is 0 Å². The highest BCUT2D eigenvalue weighted by molar-refractivity contribution is 5.98. The number of ketones is 1. The quantitative estimate of drug-likeness (QED) is 0.633. The summed E-state index contributed by atoms with van der Waals surface area (Å²) in [6.07, 6.45) is 3.37. The third kappa shape index (κ3) is 1.90. The minimum Gasteiger partial charge on any atom is -0.344 e. The zero-order valence-electron chi connectivity index (χ0n) is 6.79. The molecule has 0 aromatic carbocycles. The number of nitrogens with one attached hydrogen (secondary N) is 1. The molecule has 0 amide bonds. The molecule has 0 saturated heterocycles. The number of carbonyl (C=O) groups is 1. The topological polar surface area (TPSA) is 41.5 Å². The van der Waals surface area contributed by atoms with Gasteiger partial charge in [0, 0.05) is 5.92 Å². The first-order chi connectivity index (χ1) is 5.22. The van der Waals surface area contributed by atoms with Gasteiger partial charge in [-0.1, -0.05) is 13.8 Å². The van der Waals surface area contributed by atoms with Gasteiger partial charge in [0.1, 0.15) is 0 Å². The molecule has 0 saturated carbocycles. The molecule has 0 radical (unpaired) electrons. The minimum absolute atomic E-state index is 0.0558. The van der Waals surface area contributed by atoms with Crippen molar-refractivity contribution in [2.45, 2.75) is 13.8 Å². The molecule has 0 atom stereocenters. The first-order valence-electron chi connectivity index (χ1n) is 3.71. The Morgan fingerprint density at radius 2 is 2.45 bits per heavy atom. The fraction of sp³-hybridized carbons (Fsp3) is 0.500. The Morgan fingerprint density at radius 1 is 1.73 bits per heavy atom. The van der Waals surface area contributed by atoms with Crippen molar-refractivity contribution in [2.75, 3.05) is 6.54 Å². The summed E-state index contributed by atoms with van der Waals surface area (Å²) in [6, 6.07) is 0. The molecular formula is C8H12N2O. The van der Waals surface area contributed by atoms with E-state index in [2.05, 4.69) is 10.3 Å². The zero-order chi connectivity index (χ0) is 8.27. The van der Waals surface area contributed by atoms with Crippen molar-refractivity contribution in [1.82, 2.24) is 5.32 Å². The fourth-order valence-electron chi connectivity index (χ4n) is 0.854. The van der Waals surface area contributed by atoms with Gasteiger partial charge in [-0.25, -0.2) is 0 Å². The summed E-state index contributed by atoms with van der Waals surface area (Å²) in [6.45, 7) is 4.38. The molecular weight excluding hydrogens is 140 g/mol. The Bertz CT molecular complexity index is 216. The number of Topliss-reactive ketones (excluding diaryl/α,β-unsaturated/α-hetero) is 1. The van der Waals surface area contributed by atoms with E-state index in [1.54, 1.807) is 6.34 Å². The maximum absolute atomic E-state index is 11.3. The molecule has 11 heavy (non-hydrogen) atoms. The molecule has 0 aromatic rings. The molecule has 1 rings (SSSR count). The second-order valence-electron chi connectivity index (χ2n) is 2.78. The average Bonchev–Trinajstić information content (AvgIpc) is 2.05. The summed E-state index contributed by atoms with van der Waals surface area (Å²) < 4.78 is 0. The normalized spacial score (nSPS) is 16.1. The summed E-state index contributed by atoms with van der Waals surface area (Å²) in [5.74, 6) is 0.205. The van der Waals surface area contributed by atoms with Crippen molar-refractivity contribution < 1.29 is 4.79 Å². The summed E-state index contributed by atoms with van der Waals surface area (Å²) in [4.78, 5) is 15.2. The SMILES string of the molecule is CC(C)C(=O)C1=CCN=CN1. The van der Waals surface area contributed by atoms with Crippen LogP contribution in [0.25, 0.3) is 0 Å². The van der Waals surface area contributed by atoms with Gasteiger partial charge in [-0.05, 0) is 6.08 Å². The van der Waals surface area contributed by atoms with Gasteiger partial charge >= 0.3 is 0 Å². The van der Waals surface area contributed by atoms with Crippen LogP contribution in [0.3, 0.4) is 0 Å². The fourth-order valence-corrected chi connectivity index (χ4v) is 0.854. The summed E-state index contributed by atoms with van der Waals surface area (Å²) >= 11 is 0. The van der Waals surface area contributed by atoms with E-state index in [4.69, 9.17) is 0 Å². The third-order valence-electron chi connectivity index (χ3n) is 1.50. The van der Waals surface area contributed by atoms with E-state index in [0.717, 1.165) is 0 Å². The van der Waals surface area contributed by atoms with Gasteiger partial charge < -0.3 is 5.32 Å². The molecule has 60 valence electrons. The van der Waals surface area contributed by atoms with Gasteiger partial charge in [0.05, 0.1) is 18.6 Å². The molecule has 1 aliphatic heterocycles. The highest BCUT2D eigenvalue weighted by Crippen LogP contribution is 2.03. The van der Waals surface area contributed by atoms with Crippen LogP contribution in [-0.2, 0) is 4.79 Å². The Hall–Kier alpha value is -1.12. The minimum atomic E-state index is 0.0558. The smallest absolute Gasteiger partial charge is 0.181 e. The van der Waals surface area contributed by atoms with Gasteiger partial charge in [-0.15, -0.1) is 0 Å². The largest absolute Gasteiger partial charge is 0.344 e. The van der Waals surface area contributed by atoms with Gasteiger partial charge in [0.15, 0.2) is 5.78 Å². The number of aliphatic imine (C=N–C) groups is 1. The van der Waals surface area contributed by atoms with E-state index in [1.807, 2.05) is 19.9 Å². The predicted molar refractivity (Wildman–Crippen MR) is 44.4 cm³/mol.